The molecule has 0 aromatic carbocycles. The van der Waals surface area contributed by atoms with Gasteiger partial charge >= 0.3 is 11.9 Å². The first-order valence-corrected chi connectivity index (χ1v) is 3.45. The van der Waals surface area contributed by atoms with E-state index in [0.29, 0.717) is 19.8 Å². The zero-order chi connectivity index (χ0) is 7.90. The molecule has 0 saturated carbocycles. The third-order valence-corrected chi connectivity index (χ3v) is 1.83. The van der Waals surface area contributed by atoms with Crippen molar-refractivity contribution in [2.75, 3.05) is 19.8 Å². The molecule has 3 saturated heterocycles. The number of amides is 1. The molecule has 0 aromatic rings. The van der Waals surface area contributed by atoms with E-state index in [9.17, 15) is 4.79 Å². The average Bonchev–Trinajstić information content (AvgIpc) is 2.08. The monoisotopic (exact) mass is 159 g/mol. The summed E-state index contributed by atoms with van der Waals surface area (Å²) in [5, 5.41) is 0. The molecule has 3 heterocycles. The van der Waals surface area contributed by atoms with Crippen molar-refractivity contribution in [1.82, 2.24) is 0 Å². The van der Waals surface area contributed by atoms with E-state index >= 15 is 0 Å². The Labute approximate surface area is 63.4 Å². The van der Waals surface area contributed by atoms with Gasteiger partial charge in [0.25, 0.3) is 0 Å². The lowest BCUT2D eigenvalue weighted by atomic mass is 10.1. The van der Waals surface area contributed by atoms with Crippen LogP contribution in [-0.4, -0.2) is 31.7 Å². The minimum atomic E-state index is -1.57. The van der Waals surface area contributed by atoms with Gasteiger partial charge in [0.1, 0.15) is 0 Å². The quantitative estimate of drug-likeness (QED) is 0.522. The lowest BCUT2D eigenvalue weighted by Crippen LogP contribution is -2.60. The molecule has 2 bridgehead atoms. The molecule has 62 valence electrons. The van der Waals surface area contributed by atoms with Crippen LogP contribution in [0, 0.1) is 5.92 Å². The number of nitrogens with two attached hydrogens (primary N) is 1. The van der Waals surface area contributed by atoms with Crippen molar-refractivity contribution in [2.24, 2.45) is 11.7 Å². The second-order valence-corrected chi connectivity index (χ2v) is 2.72. The van der Waals surface area contributed by atoms with Crippen molar-refractivity contribution < 1.29 is 19.0 Å². The van der Waals surface area contributed by atoms with Crippen molar-refractivity contribution >= 4 is 5.91 Å². The van der Waals surface area contributed by atoms with Crippen LogP contribution < -0.4 is 5.73 Å². The molecule has 1 amide bonds. The number of rotatable bonds is 1. The van der Waals surface area contributed by atoms with Crippen molar-refractivity contribution in [2.45, 2.75) is 5.97 Å². The summed E-state index contributed by atoms with van der Waals surface area (Å²) in [5.74, 6) is -2.04. The molecule has 0 aliphatic carbocycles. The SMILES string of the molecule is NC(=O)C12OCC(CO1)CO2. The van der Waals surface area contributed by atoms with E-state index < -0.39 is 11.9 Å². The van der Waals surface area contributed by atoms with Gasteiger partial charge in [0.2, 0.25) is 0 Å². The van der Waals surface area contributed by atoms with Crippen LogP contribution in [0.3, 0.4) is 0 Å². The number of hydrogen-bond acceptors (Lipinski definition) is 4. The Bertz CT molecular complexity index is 171. The maximum absolute atomic E-state index is 10.8. The van der Waals surface area contributed by atoms with Crippen LogP contribution in [-0.2, 0) is 19.0 Å². The molecule has 0 radical (unpaired) electrons. The molecule has 3 fully saturated rings. The first kappa shape index (κ1) is 7.02. The summed E-state index contributed by atoms with van der Waals surface area (Å²) >= 11 is 0. The summed E-state index contributed by atoms with van der Waals surface area (Å²) in [5.41, 5.74) is 5.02. The number of hydrogen-bond donors (Lipinski definition) is 1. The summed E-state index contributed by atoms with van der Waals surface area (Å²) in [7, 11) is 0. The molecule has 3 aliphatic rings. The zero-order valence-corrected chi connectivity index (χ0v) is 5.91. The maximum Gasteiger partial charge on any atom is 0.367 e. The summed E-state index contributed by atoms with van der Waals surface area (Å²) in [6.45, 7) is 1.47. The van der Waals surface area contributed by atoms with Crippen molar-refractivity contribution in [1.29, 1.82) is 0 Å². The Morgan fingerprint density at radius 3 is 2.00 bits per heavy atom. The van der Waals surface area contributed by atoms with E-state index in [1.165, 1.54) is 0 Å². The third-order valence-electron chi connectivity index (χ3n) is 1.83. The number of carbonyl (C=O) groups is 1. The van der Waals surface area contributed by atoms with Gasteiger partial charge in [0, 0.05) is 5.92 Å². The van der Waals surface area contributed by atoms with E-state index in [1.807, 2.05) is 0 Å². The predicted molar refractivity (Wildman–Crippen MR) is 33.3 cm³/mol. The van der Waals surface area contributed by atoms with Crippen molar-refractivity contribution in [3.05, 3.63) is 0 Å². The normalized spacial score (nSPS) is 42.4. The smallest absolute Gasteiger partial charge is 0.363 e. The largest absolute Gasteiger partial charge is 0.367 e. The Hall–Kier alpha value is -0.650. The van der Waals surface area contributed by atoms with E-state index in [0.717, 1.165) is 0 Å². The van der Waals surface area contributed by atoms with Crippen molar-refractivity contribution in [3.8, 4) is 0 Å². The molecular weight excluding hydrogens is 150 g/mol. The fraction of sp³-hybridized carbons (Fsp3) is 0.833. The fourth-order valence-corrected chi connectivity index (χ4v) is 1.17. The molecule has 5 heteroatoms. The second-order valence-electron chi connectivity index (χ2n) is 2.72. The van der Waals surface area contributed by atoms with Gasteiger partial charge in [-0.25, -0.2) is 0 Å². The summed E-state index contributed by atoms with van der Waals surface area (Å²) in [6.07, 6.45) is 0. The van der Waals surface area contributed by atoms with Crippen molar-refractivity contribution in [3.63, 3.8) is 0 Å². The van der Waals surface area contributed by atoms with Gasteiger partial charge in [-0.2, -0.15) is 0 Å². The van der Waals surface area contributed by atoms with E-state index in [4.69, 9.17) is 19.9 Å². The van der Waals surface area contributed by atoms with Gasteiger partial charge in [-0.1, -0.05) is 0 Å². The second kappa shape index (κ2) is 2.17. The van der Waals surface area contributed by atoms with E-state index in [1.54, 1.807) is 0 Å². The highest BCUT2D eigenvalue weighted by Gasteiger charge is 2.49. The summed E-state index contributed by atoms with van der Waals surface area (Å²) in [4.78, 5) is 10.8. The predicted octanol–water partition coefficient (Wildman–Crippen LogP) is -1.18. The summed E-state index contributed by atoms with van der Waals surface area (Å²) in [6, 6.07) is 0. The fourth-order valence-electron chi connectivity index (χ4n) is 1.17. The van der Waals surface area contributed by atoms with Crippen LogP contribution >= 0.6 is 0 Å². The molecule has 3 rings (SSSR count). The highest BCUT2D eigenvalue weighted by atomic mass is 16.9. The molecule has 3 aliphatic heterocycles. The Morgan fingerprint density at radius 1 is 1.27 bits per heavy atom. The molecule has 2 N–H and O–H groups in total. The molecule has 0 aromatic heterocycles. The van der Waals surface area contributed by atoms with Crippen LogP contribution in [0.5, 0.6) is 0 Å². The van der Waals surface area contributed by atoms with Gasteiger partial charge in [-0.05, 0) is 0 Å². The molecule has 0 atom stereocenters. The first-order valence-electron chi connectivity index (χ1n) is 3.45. The number of primary amides is 1. The molecule has 0 spiro atoms. The Morgan fingerprint density at radius 2 is 1.73 bits per heavy atom. The first-order chi connectivity index (χ1) is 5.23. The topological polar surface area (TPSA) is 70.8 Å². The standard InChI is InChI=1S/C6H9NO4/c7-5(8)6-9-1-4(2-10-6)3-11-6/h4H,1-3H2,(H2,7,8). The van der Waals surface area contributed by atoms with Crippen LogP contribution in [0.15, 0.2) is 0 Å². The molecular formula is C6H9NO4. The van der Waals surface area contributed by atoms with Gasteiger partial charge in [-0.3, -0.25) is 4.79 Å². The molecule has 5 nitrogen and oxygen atoms in total. The van der Waals surface area contributed by atoms with Gasteiger partial charge in [0.15, 0.2) is 0 Å². The van der Waals surface area contributed by atoms with E-state index in [2.05, 4.69) is 0 Å². The van der Waals surface area contributed by atoms with E-state index in [-0.39, 0.29) is 5.92 Å². The van der Waals surface area contributed by atoms with Gasteiger partial charge in [-0.15, -0.1) is 0 Å². The number of fused-ring (bicyclic) bond motifs is 3. The van der Waals surface area contributed by atoms with Gasteiger partial charge < -0.3 is 19.9 Å². The lowest BCUT2D eigenvalue weighted by molar-refractivity contribution is -0.421. The number of carbonyl (C=O) groups excluding carboxylic acids is 1. The minimum absolute atomic E-state index is 0.247. The van der Waals surface area contributed by atoms with Crippen LogP contribution in [0.1, 0.15) is 0 Å². The number of ether oxygens (including phenoxy) is 3. The molecule has 0 unspecified atom stereocenters. The maximum atomic E-state index is 10.8. The highest BCUT2D eigenvalue weighted by Crippen LogP contribution is 2.29. The summed E-state index contributed by atoms with van der Waals surface area (Å²) < 4.78 is 15.0. The van der Waals surface area contributed by atoms with Crippen LogP contribution in [0.4, 0.5) is 0 Å². The highest BCUT2D eigenvalue weighted by molar-refractivity contribution is 5.80. The Balaban J connectivity index is 2.18. The van der Waals surface area contributed by atoms with Crippen LogP contribution in [0.2, 0.25) is 0 Å². The Kier molecular flexibility index (Phi) is 1.38. The average molecular weight is 159 g/mol. The lowest BCUT2D eigenvalue weighted by Gasteiger charge is -2.42. The molecule has 11 heavy (non-hydrogen) atoms. The zero-order valence-electron chi connectivity index (χ0n) is 5.91. The van der Waals surface area contributed by atoms with Gasteiger partial charge in [0.05, 0.1) is 19.8 Å². The van der Waals surface area contributed by atoms with Crippen LogP contribution in [0.25, 0.3) is 0 Å². The minimum Gasteiger partial charge on any atom is -0.363 e. The third kappa shape index (κ3) is 0.926.